The molecular formula is C17H32N4O3. The Hall–Kier alpha value is -1.34. The zero-order valence-corrected chi connectivity index (χ0v) is 15.2. The fraction of sp³-hybridized carbons (Fsp3) is 0.882. The predicted octanol–water partition coefficient (Wildman–Crippen LogP) is 0.328. The second kappa shape index (κ2) is 7.70. The van der Waals surface area contributed by atoms with E-state index in [2.05, 4.69) is 4.90 Å². The lowest BCUT2D eigenvalue weighted by Gasteiger charge is -2.40. The minimum atomic E-state index is -0.437. The van der Waals surface area contributed by atoms with Crippen molar-refractivity contribution in [2.75, 3.05) is 45.8 Å². The van der Waals surface area contributed by atoms with Crippen molar-refractivity contribution in [3.63, 3.8) is 0 Å². The molecule has 0 bridgehead atoms. The van der Waals surface area contributed by atoms with E-state index in [-0.39, 0.29) is 23.3 Å². The zero-order valence-electron chi connectivity index (χ0n) is 15.2. The Balaban J connectivity index is 1.81. The summed E-state index contributed by atoms with van der Waals surface area (Å²) in [6.07, 6.45) is 1.28. The summed E-state index contributed by atoms with van der Waals surface area (Å²) in [5, 5.41) is 10.2. The van der Waals surface area contributed by atoms with Crippen LogP contribution in [0.1, 0.15) is 33.6 Å². The second-order valence-corrected chi connectivity index (χ2v) is 8.13. The van der Waals surface area contributed by atoms with Crippen molar-refractivity contribution >= 4 is 11.9 Å². The topological polar surface area (TPSA) is 90.1 Å². The first-order valence-corrected chi connectivity index (χ1v) is 8.92. The summed E-state index contributed by atoms with van der Waals surface area (Å²) in [4.78, 5) is 29.7. The van der Waals surface area contributed by atoms with Crippen LogP contribution >= 0.6 is 0 Å². The minimum absolute atomic E-state index is 0.127. The average Bonchev–Trinajstić information content (AvgIpc) is 2.54. The molecule has 0 aromatic rings. The maximum absolute atomic E-state index is 12.7. The lowest BCUT2D eigenvalue weighted by Crippen LogP contribution is -2.54. The number of aliphatic hydroxyl groups is 1. The Labute approximate surface area is 144 Å². The van der Waals surface area contributed by atoms with Crippen molar-refractivity contribution in [3.05, 3.63) is 0 Å². The number of carbonyl (C=O) groups is 2. The summed E-state index contributed by atoms with van der Waals surface area (Å²) < 4.78 is 0. The maximum Gasteiger partial charge on any atom is 0.314 e. The number of piperazine rings is 1. The van der Waals surface area contributed by atoms with E-state index in [1.165, 1.54) is 0 Å². The number of piperidine rings is 1. The van der Waals surface area contributed by atoms with Gasteiger partial charge in [0.25, 0.3) is 0 Å². The molecule has 2 heterocycles. The van der Waals surface area contributed by atoms with Gasteiger partial charge in [0.2, 0.25) is 5.91 Å². The Morgan fingerprint density at radius 2 is 1.75 bits per heavy atom. The van der Waals surface area contributed by atoms with Gasteiger partial charge in [-0.25, -0.2) is 4.79 Å². The summed E-state index contributed by atoms with van der Waals surface area (Å²) >= 11 is 0. The van der Waals surface area contributed by atoms with Gasteiger partial charge in [-0.1, -0.05) is 20.8 Å². The number of hydrogen-bond donors (Lipinski definition) is 2. The highest BCUT2D eigenvalue weighted by Gasteiger charge is 2.33. The van der Waals surface area contributed by atoms with Crippen LogP contribution < -0.4 is 5.73 Å². The van der Waals surface area contributed by atoms with Crippen LogP contribution in [-0.4, -0.2) is 83.7 Å². The Bertz CT molecular complexity index is 455. The molecule has 2 fully saturated rings. The number of carbonyl (C=O) groups excluding carboxylic acids is 2. The second-order valence-electron chi connectivity index (χ2n) is 8.13. The number of aliphatic hydroxyl groups excluding tert-OH is 1. The van der Waals surface area contributed by atoms with E-state index in [0.29, 0.717) is 32.7 Å². The molecule has 138 valence electrons. The SMILES string of the molecule is CC(C)(C)[C@H](O)CN1CCN(C(=O)[C@@H]2CCCN(C(N)=O)C2)CC1. The number of nitrogens with two attached hydrogens (primary N) is 1. The first kappa shape index (κ1) is 19.0. The molecule has 0 aromatic heterocycles. The van der Waals surface area contributed by atoms with Gasteiger partial charge >= 0.3 is 6.03 Å². The molecule has 0 aliphatic carbocycles. The largest absolute Gasteiger partial charge is 0.391 e. The first-order valence-electron chi connectivity index (χ1n) is 8.92. The number of urea groups is 1. The fourth-order valence-corrected chi connectivity index (χ4v) is 3.31. The van der Waals surface area contributed by atoms with Gasteiger partial charge in [0.1, 0.15) is 0 Å². The number of amides is 3. The van der Waals surface area contributed by atoms with E-state index in [1.54, 1.807) is 4.90 Å². The van der Waals surface area contributed by atoms with Crippen molar-refractivity contribution in [1.82, 2.24) is 14.7 Å². The molecular weight excluding hydrogens is 308 g/mol. The lowest BCUT2D eigenvalue weighted by atomic mass is 9.89. The molecule has 2 aliphatic rings. The molecule has 3 N–H and O–H groups in total. The van der Waals surface area contributed by atoms with E-state index in [0.717, 1.165) is 25.9 Å². The minimum Gasteiger partial charge on any atom is -0.391 e. The third kappa shape index (κ3) is 4.83. The Morgan fingerprint density at radius 3 is 2.29 bits per heavy atom. The third-order valence-electron chi connectivity index (χ3n) is 5.20. The highest BCUT2D eigenvalue weighted by atomic mass is 16.3. The van der Waals surface area contributed by atoms with Gasteiger partial charge in [0.05, 0.1) is 12.0 Å². The molecule has 2 aliphatic heterocycles. The van der Waals surface area contributed by atoms with Crippen molar-refractivity contribution in [2.45, 2.75) is 39.7 Å². The lowest BCUT2D eigenvalue weighted by molar-refractivity contribution is -0.139. The van der Waals surface area contributed by atoms with Crippen LogP contribution in [0.15, 0.2) is 0 Å². The first-order chi connectivity index (χ1) is 11.2. The third-order valence-corrected chi connectivity index (χ3v) is 5.20. The van der Waals surface area contributed by atoms with Gasteiger partial charge < -0.3 is 20.6 Å². The standard InChI is InChI=1S/C17H32N4O3/c1-17(2,3)14(22)12-19-7-9-20(10-8-19)15(23)13-5-4-6-21(11-13)16(18)24/h13-14,22H,4-12H2,1-3H3,(H2,18,24)/t13-,14-/m1/s1. The van der Waals surface area contributed by atoms with Gasteiger partial charge in [0.15, 0.2) is 0 Å². The van der Waals surface area contributed by atoms with E-state index >= 15 is 0 Å². The molecule has 0 radical (unpaired) electrons. The number of rotatable bonds is 3. The number of nitrogens with zero attached hydrogens (tertiary/aromatic N) is 3. The van der Waals surface area contributed by atoms with Crippen LogP contribution in [0.2, 0.25) is 0 Å². The summed E-state index contributed by atoms with van der Waals surface area (Å²) in [6, 6.07) is -0.437. The van der Waals surface area contributed by atoms with Gasteiger partial charge in [0, 0.05) is 45.8 Å². The van der Waals surface area contributed by atoms with Crippen molar-refractivity contribution in [2.24, 2.45) is 17.1 Å². The van der Waals surface area contributed by atoms with Crippen LogP contribution in [0.5, 0.6) is 0 Å². The van der Waals surface area contributed by atoms with Gasteiger partial charge in [-0.05, 0) is 18.3 Å². The van der Waals surface area contributed by atoms with Crippen molar-refractivity contribution < 1.29 is 14.7 Å². The molecule has 0 saturated carbocycles. The summed E-state index contributed by atoms with van der Waals surface area (Å²) in [5.41, 5.74) is 5.21. The van der Waals surface area contributed by atoms with E-state index in [9.17, 15) is 14.7 Å². The van der Waals surface area contributed by atoms with Crippen molar-refractivity contribution in [1.29, 1.82) is 0 Å². The zero-order chi connectivity index (χ0) is 17.9. The molecule has 7 nitrogen and oxygen atoms in total. The predicted molar refractivity (Wildman–Crippen MR) is 92.4 cm³/mol. The molecule has 0 unspecified atom stereocenters. The van der Waals surface area contributed by atoms with Crippen molar-refractivity contribution in [3.8, 4) is 0 Å². The molecule has 2 saturated heterocycles. The molecule has 3 amide bonds. The number of β-amino-alcohol motifs (C(OH)–C–C–N with tert-alkyl or cyclic N) is 1. The van der Waals surface area contributed by atoms with Gasteiger partial charge in [-0.3, -0.25) is 9.69 Å². The average molecular weight is 340 g/mol. The Morgan fingerprint density at radius 1 is 1.12 bits per heavy atom. The summed E-state index contributed by atoms with van der Waals surface area (Å²) in [7, 11) is 0. The number of primary amides is 1. The maximum atomic E-state index is 12.7. The molecule has 0 aromatic carbocycles. The highest BCUT2D eigenvalue weighted by Crippen LogP contribution is 2.22. The molecule has 0 spiro atoms. The highest BCUT2D eigenvalue weighted by molar-refractivity contribution is 5.80. The van der Waals surface area contributed by atoms with Crippen LogP contribution in [0, 0.1) is 11.3 Å². The van der Waals surface area contributed by atoms with Crippen LogP contribution in [0.25, 0.3) is 0 Å². The monoisotopic (exact) mass is 340 g/mol. The number of hydrogen-bond acceptors (Lipinski definition) is 4. The summed E-state index contributed by atoms with van der Waals surface area (Å²) in [6.45, 7) is 10.8. The molecule has 2 rings (SSSR count). The fourth-order valence-electron chi connectivity index (χ4n) is 3.31. The van der Waals surface area contributed by atoms with Crippen LogP contribution in [0.4, 0.5) is 4.79 Å². The normalized spacial score (nSPS) is 24.8. The van der Waals surface area contributed by atoms with E-state index < -0.39 is 6.03 Å². The Kier molecular flexibility index (Phi) is 6.09. The van der Waals surface area contributed by atoms with E-state index in [4.69, 9.17) is 5.73 Å². The van der Waals surface area contributed by atoms with Gasteiger partial charge in [-0.2, -0.15) is 0 Å². The summed E-state index contributed by atoms with van der Waals surface area (Å²) in [5.74, 6) is 0.00920. The van der Waals surface area contributed by atoms with E-state index in [1.807, 2.05) is 25.7 Å². The smallest absolute Gasteiger partial charge is 0.314 e. The van der Waals surface area contributed by atoms with Gasteiger partial charge in [-0.15, -0.1) is 0 Å². The van der Waals surface area contributed by atoms with Crippen LogP contribution in [-0.2, 0) is 4.79 Å². The quantitative estimate of drug-likeness (QED) is 0.775. The molecule has 24 heavy (non-hydrogen) atoms. The van der Waals surface area contributed by atoms with Crippen LogP contribution in [0.3, 0.4) is 0 Å². The molecule has 2 atom stereocenters. The molecule has 7 heteroatoms. The number of likely N-dealkylation sites (tertiary alicyclic amines) is 1.